The summed E-state index contributed by atoms with van der Waals surface area (Å²) in [5.74, 6) is -0.537. The predicted octanol–water partition coefficient (Wildman–Crippen LogP) is 2.27. The zero-order valence-electron chi connectivity index (χ0n) is 14.7. The van der Waals surface area contributed by atoms with Crippen molar-refractivity contribution in [2.75, 3.05) is 13.7 Å². The molecule has 0 spiro atoms. The molecule has 126 valence electrons. The number of esters is 1. The summed E-state index contributed by atoms with van der Waals surface area (Å²) in [5, 5.41) is 0. The minimum Gasteiger partial charge on any atom is -0.463 e. The number of rotatable bonds is 7. The molecule has 0 aliphatic rings. The van der Waals surface area contributed by atoms with Crippen molar-refractivity contribution in [2.45, 2.75) is 53.1 Å². The number of nitrogens with two attached hydrogens (primary N) is 1. The van der Waals surface area contributed by atoms with E-state index in [9.17, 15) is 9.59 Å². The molecule has 22 heavy (non-hydrogen) atoms. The Hall–Kier alpha value is -1.62. The molecule has 1 amide bonds. The average Bonchev–Trinajstić information content (AvgIpc) is 2.43. The Morgan fingerprint density at radius 2 is 1.91 bits per heavy atom. The highest BCUT2D eigenvalue weighted by molar-refractivity contribution is 5.88. The number of carbonyl (C=O) groups is 2. The number of likely N-dealkylation sites (N-methyl/N-ethyl adjacent to an activating group) is 1. The monoisotopic (exact) mass is 310 g/mol. The lowest BCUT2D eigenvalue weighted by Gasteiger charge is -2.33. The van der Waals surface area contributed by atoms with Crippen molar-refractivity contribution < 1.29 is 14.3 Å². The Bertz CT molecular complexity index is 436. The molecule has 0 radical (unpaired) electrons. The van der Waals surface area contributed by atoms with E-state index >= 15 is 0 Å². The van der Waals surface area contributed by atoms with E-state index < -0.39 is 6.04 Å². The molecule has 0 unspecified atom stereocenters. The van der Waals surface area contributed by atoms with Gasteiger partial charge in [-0.3, -0.25) is 4.79 Å². The van der Waals surface area contributed by atoms with E-state index in [1.54, 1.807) is 37.9 Å². The highest BCUT2D eigenvalue weighted by Crippen LogP contribution is 2.20. The summed E-state index contributed by atoms with van der Waals surface area (Å²) in [6.07, 6.45) is 3.98. The summed E-state index contributed by atoms with van der Waals surface area (Å²) in [4.78, 5) is 25.8. The third-order valence-electron chi connectivity index (χ3n) is 3.49. The number of hydrogen-bond donors (Lipinski definition) is 1. The van der Waals surface area contributed by atoms with Crippen molar-refractivity contribution in [1.82, 2.24) is 4.90 Å². The van der Waals surface area contributed by atoms with Crippen molar-refractivity contribution in [3.63, 3.8) is 0 Å². The van der Waals surface area contributed by atoms with Crippen LogP contribution in [-0.2, 0) is 14.3 Å². The van der Waals surface area contributed by atoms with Crippen LogP contribution in [0.15, 0.2) is 24.3 Å². The van der Waals surface area contributed by atoms with E-state index in [1.165, 1.54) is 0 Å². The second-order valence-corrected chi connectivity index (χ2v) is 6.45. The molecule has 0 aliphatic heterocycles. The largest absolute Gasteiger partial charge is 0.463 e. The second kappa shape index (κ2) is 8.73. The van der Waals surface area contributed by atoms with Crippen LogP contribution in [0, 0.1) is 5.41 Å². The average molecular weight is 310 g/mol. The van der Waals surface area contributed by atoms with E-state index in [2.05, 4.69) is 6.58 Å². The molecule has 0 rings (SSSR count). The standard InChI is InChI=1S/C17H30N2O3/c1-8-10-13(11-12(3)16(21)22-9-2)19(7)15(20)14(18)17(4,5)6/h8,11,13-14H,1,9-10,18H2,2-7H3/b12-11+/t13-,14+/m0/s1. The summed E-state index contributed by atoms with van der Waals surface area (Å²) in [6, 6.07) is -0.885. The van der Waals surface area contributed by atoms with Gasteiger partial charge in [0.1, 0.15) is 0 Å². The molecule has 5 nitrogen and oxygen atoms in total. The zero-order valence-corrected chi connectivity index (χ0v) is 14.7. The fourth-order valence-electron chi connectivity index (χ4n) is 1.86. The minimum absolute atomic E-state index is 0.160. The van der Waals surface area contributed by atoms with E-state index in [0.717, 1.165) is 0 Å². The summed E-state index contributed by atoms with van der Waals surface area (Å²) in [5.41, 5.74) is 6.18. The molecular formula is C17H30N2O3. The number of nitrogens with zero attached hydrogens (tertiary/aromatic N) is 1. The molecule has 2 N–H and O–H groups in total. The first-order chi connectivity index (χ1) is 10.1. The Morgan fingerprint density at radius 1 is 1.36 bits per heavy atom. The third-order valence-corrected chi connectivity index (χ3v) is 3.49. The molecule has 5 heteroatoms. The summed E-state index contributed by atoms with van der Waals surface area (Å²) in [7, 11) is 1.69. The van der Waals surface area contributed by atoms with Gasteiger partial charge >= 0.3 is 5.97 Å². The SMILES string of the molecule is C=CC[C@@H](/C=C(\C)C(=O)OCC)N(C)C(=O)[C@@H](N)C(C)(C)C. The first-order valence-electron chi connectivity index (χ1n) is 7.54. The van der Waals surface area contributed by atoms with Crippen LogP contribution in [0.4, 0.5) is 0 Å². The minimum atomic E-state index is -0.610. The number of ether oxygens (including phenoxy) is 1. The fourth-order valence-corrected chi connectivity index (χ4v) is 1.86. The van der Waals surface area contributed by atoms with Crippen molar-refractivity contribution in [3.8, 4) is 0 Å². The van der Waals surface area contributed by atoms with Gasteiger partial charge in [-0.15, -0.1) is 6.58 Å². The van der Waals surface area contributed by atoms with E-state index in [-0.39, 0.29) is 23.3 Å². The van der Waals surface area contributed by atoms with Gasteiger partial charge in [0.25, 0.3) is 0 Å². The highest BCUT2D eigenvalue weighted by Gasteiger charge is 2.31. The summed E-state index contributed by atoms with van der Waals surface area (Å²) in [6.45, 7) is 13.2. The van der Waals surface area contributed by atoms with Crippen LogP contribution in [-0.4, -0.2) is 42.5 Å². The maximum atomic E-state index is 12.5. The molecule has 0 saturated carbocycles. The number of hydrogen-bond acceptors (Lipinski definition) is 4. The molecule has 0 aromatic rings. The van der Waals surface area contributed by atoms with Crippen molar-refractivity contribution in [1.29, 1.82) is 0 Å². The molecular weight excluding hydrogens is 280 g/mol. The van der Waals surface area contributed by atoms with Crippen LogP contribution in [0.25, 0.3) is 0 Å². The summed E-state index contributed by atoms with van der Waals surface area (Å²) < 4.78 is 4.96. The summed E-state index contributed by atoms with van der Waals surface area (Å²) >= 11 is 0. The van der Waals surface area contributed by atoms with E-state index in [0.29, 0.717) is 18.6 Å². The molecule has 2 atom stereocenters. The van der Waals surface area contributed by atoms with Crippen LogP contribution in [0.2, 0.25) is 0 Å². The van der Waals surface area contributed by atoms with Crippen molar-refractivity contribution in [2.24, 2.45) is 11.1 Å². The normalized spacial score (nSPS) is 15.0. The third kappa shape index (κ3) is 6.02. The van der Waals surface area contributed by atoms with Gasteiger partial charge in [0, 0.05) is 12.6 Å². The quantitative estimate of drug-likeness (QED) is 0.445. The Morgan fingerprint density at radius 3 is 2.32 bits per heavy atom. The predicted molar refractivity (Wildman–Crippen MR) is 89.2 cm³/mol. The van der Waals surface area contributed by atoms with Crippen LogP contribution in [0.3, 0.4) is 0 Å². The lowest BCUT2D eigenvalue weighted by Crippen LogP contribution is -2.51. The molecule has 0 heterocycles. The van der Waals surface area contributed by atoms with Gasteiger partial charge < -0.3 is 15.4 Å². The van der Waals surface area contributed by atoms with Gasteiger partial charge in [-0.1, -0.05) is 32.9 Å². The van der Waals surface area contributed by atoms with Crippen molar-refractivity contribution >= 4 is 11.9 Å². The molecule has 0 fully saturated rings. The lowest BCUT2D eigenvalue weighted by molar-refractivity contribution is -0.139. The van der Waals surface area contributed by atoms with Gasteiger partial charge in [0.05, 0.1) is 18.7 Å². The number of carbonyl (C=O) groups excluding carboxylic acids is 2. The molecule has 0 aliphatic carbocycles. The van der Waals surface area contributed by atoms with Crippen LogP contribution in [0.5, 0.6) is 0 Å². The lowest BCUT2D eigenvalue weighted by atomic mass is 9.86. The van der Waals surface area contributed by atoms with Crippen LogP contribution >= 0.6 is 0 Å². The molecule has 0 aromatic heterocycles. The molecule has 0 saturated heterocycles. The van der Waals surface area contributed by atoms with Gasteiger partial charge in [0.15, 0.2) is 0 Å². The van der Waals surface area contributed by atoms with Gasteiger partial charge in [-0.05, 0) is 25.7 Å². The van der Waals surface area contributed by atoms with Gasteiger partial charge in [-0.2, -0.15) is 0 Å². The Labute approximate surface area is 134 Å². The fraction of sp³-hybridized carbons (Fsp3) is 0.647. The molecule has 0 bridgehead atoms. The van der Waals surface area contributed by atoms with Crippen LogP contribution in [0.1, 0.15) is 41.0 Å². The van der Waals surface area contributed by atoms with Crippen LogP contribution < -0.4 is 5.73 Å². The van der Waals surface area contributed by atoms with Gasteiger partial charge in [0.2, 0.25) is 5.91 Å². The second-order valence-electron chi connectivity index (χ2n) is 6.45. The Balaban J connectivity index is 5.24. The topological polar surface area (TPSA) is 72.6 Å². The van der Waals surface area contributed by atoms with E-state index in [1.807, 2.05) is 20.8 Å². The highest BCUT2D eigenvalue weighted by atomic mass is 16.5. The van der Waals surface area contributed by atoms with Crippen molar-refractivity contribution in [3.05, 3.63) is 24.3 Å². The van der Waals surface area contributed by atoms with E-state index in [4.69, 9.17) is 10.5 Å². The maximum Gasteiger partial charge on any atom is 0.333 e. The number of amides is 1. The zero-order chi connectivity index (χ0) is 17.5. The van der Waals surface area contributed by atoms with Gasteiger partial charge in [-0.25, -0.2) is 4.79 Å². The smallest absolute Gasteiger partial charge is 0.333 e. The Kier molecular flexibility index (Phi) is 8.09. The maximum absolute atomic E-state index is 12.5. The first kappa shape index (κ1) is 20.4. The molecule has 0 aromatic carbocycles. The first-order valence-corrected chi connectivity index (χ1v) is 7.54.